The van der Waals surface area contributed by atoms with Gasteiger partial charge < -0.3 is 10.2 Å². The Kier molecular flexibility index (Phi) is 4.98. The van der Waals surface area contributed by atoms with E-state index in [0.29, 0.717) is 0 Å². The lowest BCUT2D eigenvalue weighted by atomic mass is 9.85. The number of hydrogen-bond donors (Lipinski definition) is 1. The molecule has 0 radical (unpaired) electrons. The van der Waals surface area contributed by atoms with E-state index in [9.17, 15) is 4.39 Å². The third kappa shape index (κ3) is 4.55. The van der Waals surface area contributed by atoms with Crippen LogP contribution in [0.5, 0.6) is 0 Å². The van der Waals surface area contributed by atoms with Crippen LogP contribution in [0.25, 0.3) is 0 Å². The van der Waals surface area contributed by atoms with Gasteiger partial charge in [-0.15, -0.1) is 0 Å². The minimum absolute atomic E-state index is 0.0823. The molecule has 106 valence electrons. The lowest BCUT2D eigenvalue weighted by Gasteiger charge is -2.35. The lowest BCUT2D eigenvalue weighted by molar-refractivity contribution is 0.159. The van der Waals surface area contributed by atoms with Gasteiger partial charge in [0.05, 0.1) is 0 Å². The van der Waals surface area contributed by atoms with E-state index >= 15 is 0 Å². The fourth-order valence-corrected chi connectivity index (χ4v) is 3.13. The predicted molar refractivity (Wildman–Crippen MR) is 80.9 cm³/mol. The van der Waals surface area contributed by atoms with Crippen LogP contribution in [0, 0.1) is 11.2 Å². The predicted octanol–water partition coefficient (Wildman–Crippen LogP) is 3.06. The molecule has 1 aromatic carbocycles. The Labute approximate surface area is 123 Å². The Morgan fingerprint density at radius 1 is 1.32 bits per heavy atom. The molecular formula is C15H22BrFN2. The van der Waals surface area contributed by atoms with Gasteiger partial charge in [0, 0.05) is 37.2 Å². The zero-order valence-corrected chi connectivity index (χ0v) is 13.3. The van der Waals surface area contributed by atoms with Crippen molar-refractivity contribution in [3.8, 4) is 0 Å². The molecule has 19 heavy (non-hydrogen) atoms. The molecule has 1 aliphatic rings. The third-order valence-corrected chi connectivity index (χ3v) is 4.03. The maximum atomic E-state index is 13.8. The number of halogens is 2. The van der Waals surface area contributed by atoms with Crippen molar-refractivity contribution in [3.63, 3.8) is 0 Å². The van der Waals surface area contributed by atoms with Crippen molar-refractivity contribution < 1.29 is 4.39 Å². The molecule has 0 amide bonds. The molecule has 0 unspecified atom stereocenters. The number of nitrogens with one attached hydrogen (secondary N) is 1. The highest BCUT2D eigenvalue weighted by Crippen LogP contribution is 2.26. The monoisotopic (exact) mass is 328 g/mol. The molecule has 0 atom stereocenters. The summed E-state index contributed by atoms with van der Waals surface area (Å²) in [6.45, 7) is 9.74. The van der Waals surface area contributed by atoms with Gasteiger partial charge in [-0.1, -0.05) is 29.8 Å². The highest BCUT2D eigenvalue weighted by molar-refractivity contribution is 9.10. The minimum Gasteiger partial charge on any atom is -0.314 e. The van der Waals surface area contributed by atoms with Crippen LogP contribution in [0.3, 0.4) is 0 Å². The molecule has 1 saturated heterocycles. The van der Waals surface area contributed by atoms with Gasteiger partial charge in [-0.2, -0.15) is 0 Å². The Balaban J connectivity index is 2.00. The number of hydrogen-bond acceptors (Lipinski definition) is 2. The van der Waals surface area contributed by atoms with Crippen LogP contribution in [-0.4, -0.2) is 37.6 Å². The highest BCUT2D eigenvalue weighted by atomic mass is 79.9. The fraction of sp³-hybridized carbons (Fsp3) is 0.600. The van der Waals surface area contributed by atoms with Crippen LogP contribution in [0.2, 0.25) is 0 Å². The van der Waals surface area contributed by atoms with Crippen LogP contribution in [0.4, 0.5) is 4.39 Å². The largest absolute Gasteiger partial charge is 0.314 e. The number of rotatable bonds is 4. The van der Waals surface area contributed by atoms with Crippen LogP contribution in [-0.2, 0) is 6.42 Å². The number of benzene rings is 1. The summed E-state index contributed by atoms with van der Waals surface area (Å²) in [6, 6.07) is 5.19. The molecule has 0 saturated carbocycles. The Morgan fingerprint density at radius 3 is 2.68 bits per heavy atom. The average Bonchev–Trinajstić information content (AvgIpc) is 2.34. The van der Waals surface area contributed by atoms with E-state index in [1.54, 1.807) is 12.1 Å². The van der Waals surface area contributed by atoms with E-state index in [-0.39, 0.29) is 11.2 Å². The van der Waals surface area contributed by atoms with Gasteiger partial charge in [0.2, 0.25) is 0 Å². The van der Waals surface area contributed by atoms with Gasteiger partial charge in [-0.25, -0.2) is 4.39 Å². The molecule has 0 bridgehead atoms. The molecule has 1 fully saturated rings. The molecule has 1 aromatic rings. The van der Waals surface area contributed by atoms with E-state index in [4.69, 9.17) is 0 Å². The lowest BCUT2D eigenvalue weighted by Crippen LogP contribution is -2.47. The van der Waals surface area contributed by atoms with Crippen LogP contribution >= 0.6 is 15.9 Å². The maximum absolute atomic E-state index is 13.8. The first-order valence-corrected chi connectivity index (χ1v) is 7.63. The summed E-state index contributed by atoms with van der Waals surface area (Å²) in [5.41, 5.74) is 0.883. The Hall–Kier alpha value is -0.450. The summed E-state index contributed by atoms with van der Waals surface area (Å²) in [5, 5.41) is 3.36. The first-order chi connectivity index (χ1) is 8.96. The van der Waals surface area contributed by atoms with Gasteiger partial charge in [-0.3, -0.25) is 0 Å². The van der Waals surface area contributed by atoms with Gasteiger partial charge in [0.15, 0.2) is 0 Å². The maximum Gasteiger partial charge on any atom is 0.126 e. The van der Waals surface area contributed by atoms with Crippen molar-refractivity contribution in [3.05, 3.63) is 34.1 Å². The fourth-order valence-electron chi connectivity index (χ4n) is 2.72. The Morgan fingerprint density at radius 2 is 2.00 bits per heavy atom. The minimum atomic E-state index is -0.100. The van der Waals surface area contributed by atoms with E-state index < -0.39 is 0 Å². The second-order valence-corrected chi connectivity index (χ2v) is 7.02. The zero-order chi connectivity index (χ0) is 13.9. The Bertz CT molecular complexity index is 428. The number of nitrogens with zero attached hydrogens (tertiary/aromatic N) is 1. The van der Waals surface area contributed by atoms with Crippen molar-refractivity contribution in [2.24, 2.45) is 5.41 Å². The quantitative estimate of drug-likeness (QED) is 0.913. The molecule has 0 aromatic heterocycles. The summed E-state index contributed by atoms with van der Waals surface area (Å²) in [6.07, 6.45) is 0.766. The van der Waals surface area contributed by atoms with Crippen molar-refractivity contribution in [2.45, 2.75) is 20.3 Å². The van der Waals surface area contributed by atoms with Crippen LogP contribution in [0.1, 0.15) is 19.4 Å². The second-order valence-electron chi connectivity index (χ2n) is 6.10. The van der Waals surface area contributed by atoms with E-state index in [0.717, 1.165) is 49.2 Å². The molecule has 1 aliphatic heterocycles. The molecule has 2 nitrogen and oxygen atoms in total. The number of piperazine rings is 1. The van der Waals surface area contributed by atoms with Crippen molar-refractivity contribution in [1.82, 2.24) is 10.2 Å². The highest BCUT2D eigenvalue weighted by Gasteiger charge is 2.24. The average molecular weight is 329 g/mol. The summed E-state index contributed by atoms with van der Waals surface area (Å²) in [7, 11) is 0. The molecule has 4 heteroatoms. The van der Waals surface area contributed by atoms with Gasteiger partial charge >= 0.3 is 0 Å². The summed E-state index contributed by atoms with van der Waals surface area (Å²) in [4.78, 5) is 2.46. The molecule has 0 aliphatic carbocycles. The van der Waals surface area contributed by atoms with Gasteiger partial charge in [-0.05, 0) is 35.6 Å². The standard InChI is InChI=1S/C15H22BrFN2/c1-15(2,11-19-7-5-18-6-8-19)10-12-9-13(16)3-4-14(12)17/h3-4,9,18H,5-8,10-11H2,1-2H3. The molecule has 1 heterocycles. The third-order valence-electron chi connectivity index (χ3n) is 3.54. The van der Waals surface area contributed by atoms with E-state index in [2.05, 4.69) is 40.0 Å². The van der Waals surface area contributed by atoms with E-state index in [1.807, 2.05) is 6.07 Å². The van der Waals surface area contributed by atoms with Crippen molar-refractivity contribution in [2.75, 3.05) is 32.7 Å². The molecule has 0 spiro atoms. The smallest absolute Gasteiger partial charge is 0.126 e. The zero-order valence-electron chi connectivity index (χ0n) is 11.7. The van der Waals surface area contributed by atoms with Gasteiger partial charge in [0.25, 0.3) is 0 Å². The van der Waals surface area contributed by atoms with Gasteiger partial charge in [0.1, 0.15) is 5.82 Å². The van der Waals surface area contributed by atoms with Crippen LogP contribution in [0.15, 0.2) is 22.7 Å². The first-order valence-electron chi connectivity index (χ1n) is 6.83. The topological polar surface area (TPSA) is 15.3 Å². The summed E-state index contributed by atoms with van der Waals surface area (Å²) < 4.78 is 14.8. The summed E-state index contributed by atoms with van der Waals surface area (Å²) in [5.74, 6) is -0.100. The SMILES string of the molecule is CC(C)(Cc1cc(Br)ccc1F)CN1CCNCC1. The normalized spacial score (nSPS) is 17.7. The van der Waals surface area contributed by atoms with Crippen LogP contribution < -0.4 is 5.32 Å². The molecule has 1 N–H and O–H groups in total. The first kappa shape index (κ1) is 14.9. The van der Waals surface area contributed by atoms with Crippen molar-refractivity contribution in [1.29, 1.82) is 0 Å². The molecule has 2 rings (SSSR count). The van der Waals surface area contributed by atoms with Crippen molar-refractivity contribution >= 4 is 15.9 Å². The second kappa shape index (κ2) is 6.33. The van der Waals surface area contributed by atoms with E-state index in [1.165, 1.54) is 0 Å². The molecular weight excluding hydrogens is 307 g/mol. The summed E-state index contributed by atoms with van der Waals surface area (Å²) >= 11 is 3.42.